The first-order valence-electron chi connectivity index (χ1n) is 8.48. The van der Waals surface area contributed by atoms with Gasteiger partial charge in [0, 0.05) is 18.5 Å². The molecule has 0 spiro atoms. The first kappa shape index (κ1) is 13.4. The molecule has 0 aromatic rings. The van der Waals surface area contributed by atoms with Crippen LogP contribution in [0.15, 0.2) is 0 Å². The molecule has 4 bridgehead atoms. The number of nitrogens with zero attached hydrogens (tertiary/aromatic N) is 1. The van der Waals surface area contributed by atoms with Crippen LogP contribution >= 0.6 is 11.6 Å². The van der Waals surface area contributed by atoms with E-state index in [9.17, 15) is 4.79 Å². The Bertz CT molecular complexity index is 386. The fourth-order valence-corrected chi connectivity index (χ4v) is 6.64. The van der Waals surface area contributed by atoms with Gasteiger partial charge in [-0.05, 0) is 68.6 Å². The standard InChI is InChI=1S/C17H26ClNO/c1-11-2-3-19(15(11)10-18)16(20)17-7-12-4-13(8-17)6-14(5-12)9-17/h11-15H,2-10H2,1H3. The van der Waals surface area contributed by atoms with E-state index in [1.165, 1.54) is 38.5 Å². The molecule has 5 fully saturated rings. The predicted octanol–water partition coefficient (Wildman–Crippen LogP) is 3.68. The van der Waals surface area contributed by atoms with Gasteiger partial charge >= 0.3 is 0 Å². The smallest absolute Gasteiger partial charge is 0.229 e. The Labute approximate surface area is 127 Å². The van der Waals surface area contributed by atoms with Crippen LogP contribution in [0.2, 0.25) is 0 Å². The molecular weight excluding hydrogens is 270 g/mol. The van der Waals surface area contributed by atoms with Gasteiger partial charge in [-0.25, -0.2) is 0 Å². The van der Waals surface area contributed by atoms with Crippen molar-refractivity contribution in [3.8, 4) is 0 Å². The molecule has 2 nitrogen and oxygen atoms in total. The van der Waals surface area contributed by atoms with Gasteiger partial charge in [0.1, 0.15) is 0 Å². The van der Waals surface area contributed by atoms with Crippen LogP contribution in [0, 0.1) is 29.1 Å². The first-order chi connectivity index (χ1) is 9.61. The molecular formula is C17H26ClNO. The summed E-state index contributed by atoms with van der Waals surface area (Å²) in [7, 11) is 0. The van der Waals surface area contributed by atoms with Crippen LogP contribution in [0.1, 0.15) is 51.9 Å². The maximum Gasteiger partial charge on any atom is 0.229 e. The zero-order valence-electron chi connectivity index (χ0n) is 12.5. The van der Waals surface area contributed by atoms with Crippen molar-refractivity contribution in [3.05, 3.63) is 0 Å². The van der Waals surface area contributed by atoms with Gasteiger partial charge in [-0.15, -0.1) is 11.6 Å². The van der Waals surface area contributed by atoms with Gasteiger partial charge in [0.25, 0.3) is 0 Å². The lowest BCUT2D eigenvalue weighted by molar-refractivity contribution is -0.158. The summed E-state index contributed by atoms with van der Waals surface area (Å²) in [6.07, 6.45) is 8.88. The lowest BCUT2D eigenvalue weighted by Gasteiger charge is -2.56. The van der Waals surface area contributed by atoms with Gasteiger partial charge in [0.05, 0.1) is 5.41 Å². The summed E-state index contributed by atoms with van der Waals surface area (Å²) in [6, 6.07) is 0.289. The highest BCUT2D eigenvalue weighted by molar-refractivity contribution is 6.18. The average molecular weight is 296 g/mol. The fourth-order valence-electron chi connectivity index (χ4n) is 6.17. The molecule has 4 aliphatic carbocycles. The summed E-state index contributed by atoms with van der Waals surface area (Å²) in [4.78, 5) is 15.5. The van der Waals surface area contributed by atoms with E-state index in [0.717, 1.165) is 30.7 Å². The molecule has 0 N–H and O–H groups in total. The van der Waals surface area contributed by atoms with Gasteiger partial charge in [0.2, 0.25) is 5.91 Å². The molecule has 5 aliphatic rings. The van der Waals surface area contributed by atoms with Gasteiger partial charge in [0.15, 0.2) is 0 Å². The minimum absolute atomic E-state index is 0.0170. The molecule has 0 aromatic carbocycles. The van der Waals surface area contributed by atoms with Crippen molar-refractivity contribution in [1.29, 1.82) is 0 Å². The average Bonchev–Trinajstić information content (AvgIpc) is 2.77. The molecule has 0 aromatic heterocycles. The normalized spacial score (nSPS) is 49.9. The molecule has 2 unspecified atom stereocenters. The Morgan fingerprint density at radius 2 is 1.70 bits per heavy atom. The number of amides is 1. The molecule has 20 heavy (non-hydrogen) atoms. The number of likely N-dealkylation sites (tertiary alicyclic amines) is 1. The van der Waals surface area contributed by atoms with E-state index in [2.05, 4.69) is 11.8 Å². The summed E-state index contributed by atoms with van der Waals surface area (Å²) < 4.78 is 0. The van der Waals surface area contributed by atoms with Gasteiger partial charge < -0.3 is 4.90 Å². The highest BCUT2D eigenvalue weighted by Crippen LogP contribution is 2.60. The zero-order chi connectivity index (χ0) is 13.9. The second-order valence-corrected chi connectivity index (χ2v) is 8.49. The van der Waals surface area contributed by atoms with Crippen LogP contribution in [-0.2, 0) is 4.79 Å². The Balaban J connectivity index is 1.59. The highest BCUT2D eigenvalue weighted by atomic mass is 35.5. The summed E-state index contributed by atoms with van der Waals surface area (Å²) in [5.74, 6) is 4.20. The van der Waals surface area contributed by atoms with E-state index >= 15 is 0 Å². The van der Waals surface area contributed by atoms with E-state index < -0.39 is 0 Å². The monoisotopic (exact) mass is 295 g/mol. The topological polar surface area (TPSA) is 20.3 Å². The molecule has 1 saturated heterocycles. The molecule has 1 heterocycles. The van der Waals surface area contributed by atoms with Gasteiger partial charge in [-0.2, -0.15) is 0 Å². The maximum atomic E-state index is 13.3. The summed E-state index contributed by atoms with van der Waals surface area (Å²) >= 11 is 6.16. The molecule has 4 saturated carbocycles. The Morgan fingerprint density at radius 3 is 2.20 bits per heavy atom. The molecule has 112 valence electrons. The predicted molar refractivity (Wildman–Crippen MR) is 80.6 cm³/mol. The van der Waals surface area contributed by atoms with Crippen molar-refractivity contribution >= 4 is 17.5 Å². The van der Waals surface area contributed by atoms with E-state index in [1.807, 2.05) is 0 Å². The Hall–Kier alpha value is -0.240. The van der Waals surface area contributed by atoms with Crippen LogP contribution in [-0.4, -0.2) is 29.3 Å². The highest BCUT2D eigenvalue weighted by Gasteiger charge is 2.56. The number of alkyl halides is 1. The third-order valence-corrected chi connectivity index (χ3v) is 7.11. The number of carbonyl (C=O) groups is 1. The number of hydrogen-bond donors (Lipinski definition) is 0. The molecule has 2 atom stereocenters. The minimum atomic E-state index is 0.0170. The van der Waals surface area contributed by atoms with E-state index in [0.29, 0.717) is 17.7 Å². The summed E-state index contributed by atoms with van der Waals surface area (Å²) in [5, 5.41) is 0. The van der Waals surface area contributed by atoms with Crippen LogP contribution in [0.25, 0.3) is 0 Å². The molecule has 1 aliphatic heterocycles. The largest absolute Gasteiger partial charge is 0.338 e. The van der Waals surface area contributed by atoms with Crippen molar-refractivity contribution in [1.82, 2.24) is 4.90 Å². The Kier molecular flexibility index (Phi) is 3.11. The third-order valence-electron chi connectivity index (χ3n) is 6.79. The van der Waals surface area contributed by atoms with Gasteiger partial charge in [-0.3, -0.25) is 4.79 Å². The van der Waals surface area contributed by atoms with Crippen LogP contribution in [0.3, 0.4) is 0 Å². The van der Waals surface area contributed by atoms with Crippen LogP contribution in [0.5, 0.6) is 0 Å². The van der Waals surface area contributed by atoms with Crippen molar-refractivity contribution < 1.29 is 4.79 Å². The Morgan fingerprint density at radius 1 is 1.15 bits per heavy atom. The third kappa shape index (κ3) is 1.86. The van der Waals surface area contributed by atoms with Crippen LogP contribution < -0.4 is 0 Å². The number of carbonyl (C=O) groups excluding carboxylic acids is 1. The van der Waals surface area contributed by atoms with E-state index in [-0.39, 0.29) is 11.5 Å². The van der Waals surface area contributed by atoms with Crippen LogP contribution in [0.4, 0.5) is 0 Å². The quantitative estimate of drug-likeness (QED) is 0.712. The van der Waals surface area contributed by atoms with Crippen molar-refractivity contribution in [2.24, 2.45) is 29.1 Å². The van der Waals surface area contributed by atoms with Crippen molar-refractivity contribution in [2.45, 2.75) is 57.9 Å². The van der Waals surface area contributed by atoms with Crippen molar-refractivity contribution in [2.75, 3.05) is 12.4 Å². The van der Waals surface area contributed by atoms with Gasteiger partial charge in [-0.1, -0.05) is 6.92 Å². The number of hydrogen-bond acceptors (Lipinski definition) is 1. The maximum absolute atomic E-state index is 13.3. The SMILES string of the molecule is CC1CCN(C(=O)C23CC4CC(CC(C4)C2)C3)C1CCl. The minimum Gasteiger partial charge on any atom is -0.338 e. The van der Waals surface area contributed by atoms with E-state index in [1.54, 1.807) is 0 Å². The summed E-state index contributed by atoms with van der Waals surface area (Å²) in [6.45, 7) is 3.19. The second kappa shape index (κ2) is 4.63. The molecule has 1 amide bonds. The number of rotatable bonds is 2. The first-order valence-corrected chi connectivity index (χ1v) is 9.02. The lowest BCUT2D eigenvalue weighted by atomic mass is 9.49. The zero-order valence-corrected chi connectivity index (χ0v) is 13.2. The summed E-state index contributed by atoms with van der Waals surface area (Å²) in [5.41, 5.74) is 0.0170. The number of halogens is 1. The van der Waals surface area contributed by atoms with E-state index in [4.69, 9.17) is 11.6 Å². The second-order valence-electron chi connectivity index (χ2n) is 8.18. The lowest BCUT2D eigenvalue weighted by Crippen LogP contribution is -2.56. The molecule has 3 heteroatoms. The molecule has 5 rings (SSSR count). The molecule has 0 radical (unpaired) electrons. The van der Waals surface area contributed by atoms with Crippen molar-refractivity contribution in [3.63, 3.8) is 0 Å². The fraction of sp³-hybridized carbons (Fsp3) is 0.941.